The van der Waals surface area contributed by atoms with Crippen molar-refractivity contribution in [2.45, 2.75) is 0 Å². The lowest BCUT2D eigenvalue weighted by Crippen LogP contribution is -2.13. The standard InChI is InChI=1S/C23H15ClN4O7/c1-34-19-6-3-17(4-7-19)26-23(29)15(13-25)10-14-11-16(24)2-8-21(14)35-22-9-5-18(27(30)31)12-20(22)28(32)33/h2-12H,1H3,(H,26,29)/b15-10+. The molecule has 176 valence electrons. The lowest BCUT2D eigenvalue weighted by Gasteiger charge is -2.10. The molecule has 0 aliphatic carbocycles. The van der Waals surface area contributed by atoms with Gasteiger partial charge in [-0.2, -0.15) is 5.26 Å². The number of benzene rings is 3. The minimum absolute atomic E-state index is 0.0244. The highest BCUT2D eigenvalue weighted by atomic mass is 35.5. The van der Waals surface area contributed by atoms with Gasteiger partial charge in [0, 0.05) is 22.3 Å². The van der Waals surface area contributed by atoms with Crippen LogP contribution in [-0.2, 0) is 4.79 Å². The second-order valence-corrected chi connectivity index (χ2v) is 7.24. The number of carbonyl (C=O) groups is 1. The van der Waals surface area contributed by atoms with Gasteiger partial charge in [0.05, 0.1) is 23.0 Å². The van der Waals surface area contributed by atoms with Gasteiger partial charge in [-0.25, -0.2) is 0 Å². The molecule has 0 unspecified atom stereocenters. The molecule has 0 atom stereocenters. The smallest absolute Gasteiger partial charge is 0.318 e. The third-order valence-electron chi connectivity index (χ3n) is 4.55. The molecule has 3 aromatic rings. The summed E-state index contributed by atoms with van der Waals surface area (Å²) in [4.78, 5) is 33.4. The van der Waals surface area contributed by atoms with Crippen molar-refractivity contribution in [2.24, 2.45) is 0 Å². The maximum absolute atomic E-state index is 12.6. The Morgan fingerprint density at radius 1 is 1.03 bits per heavy atom. The van der Waals surface area contributed by atoms with E-state index in [1.165, 1.54) is 31.4 Å². The van der Waals surface area contributed by atoms with E-state index in [-0.39, 0.29) is 27.7 Å². The lowest BCUT2D eigenvalue weighted by molar-refractivity contribution is -0.394. The minimum atomic E-state index is -0.823. The van der Waals surface area contributed by atoms with Crippen LogP contribution in [-0.4, -0.2) is 22.9 Å². The Morgan fingerprint density at radius 2 is 1.71 bits per heavy atom. The number of halogens is 1. The van der Waals surface area contributed by atoms with E-state index < -0.39 is 27.1 Å². The van der Waals surface area contributed by atoms with Crippen LogP contribution in [0.25, 0.3) is 6.08 Å². The van der Waals surface area contributed by atoms with Gasteiger partial charge in [-0.3, -0.25) is 25.0 Å². The van der Waals surface area contributed by atoms with Crippen LogP contribution in [0.3, 0.4) is 0 Å². The number of nitriles is 1. The number of nitro groups is 2. The van der Waals surface area contributed by atoms with E-state index in [4.69, 9.17) is 21.1 Å². The molecule has 3 rings (SSSR count). The molecule has 12 heteroatoms. The number of hydrogen-bond donors (Lipinski definition) is 1. The first kappa shape index (κ1) is 24.7. The van der Waals surface area contributed by atoms with Crippen molar-refractivity contribution < 1.29 is 24.1 Å². The third kappa shape index (κ3) is 6.10. The number of nitrogens with zero attached hydrogens (tertiary/aromatic N) is 3. The second kappa shape index (κ2) is 10.8. The van der Waals surface area contributed by atoms with Gasteiger partial charge in [-0.1, -0.05) is 11.6 Å². The van der Waals surface area contributed by atoms with Crippen LogP contribution in [0.15, 0.2) is 66.2 Å². The van der Waals surface area contributed by atoms with Gasteiger partial charge >= 0.3 is 5.69 Å². The first-order valence-electron chi connectivity index (χ1n) is 9.69. The molecule has 0 aliphatic heterocycles. The summed E-state index contributed by atoms with van der Waals surface area (Å²) < 4.78 is 10.7. The predicted octanol–water partition coefficient (Wildman–Crippen LogP) is 5.50. The molecular formula is C23H15ClN4O7. The highest BCUT2D eigenvalue weighted by molar-refractivity contribution is 6.30. The Labute approximate surface area is 203 Å². The Bertz CT molecular complexity index is 1380. The first-order chi connectivity index (χ1) is 16.7. The van der Waals surface area contributed by atoms with Crippen LogP contribution in [0, 0.1) is 31.6 Å². The average Bonchev–Trinajstić information content (AvgIpc) is 2.84. The van der Waals surface area contributed by atoms with Gasteiger partial charge in [0.15, 0.2) is 0 Å². The van der Waals surface area contributed by atoms with Crippen LogP contribution in [0.1, 0.15) is 5.56 Å². The van der Waals surface area contributed by atoms with E-state index in [1.807, 2.05) is 0 Å². The van der Waals surface area contributed by atoms with Crippen LogP contribution in [0.5, 0.6) is 17.2 Å². The number of methoxy groups -OCH3 is 1. The van der Waals surface area contributed by atoms with Crippen molar-refractivity contribution in [2.75, 3.05) is 12.4 Å². The summed E-state index contributed by atoms with van der Waals surface area (Å²) in [6, 6.07) is 15.4. The number of ether oxygens (including phenoxy) is 2. The molecule has 1 N–H and O–H groups in total. The van der Waals surface area contributed by atoms with Gasteiger partial charge in [-0.05, 0) is 54.6 Å². The Balaban J connectivity index is 1.95. The number of rotatable bonds is 8. The number of non-ortho nitro benzene ring substituents is 1. The molecule has 0 aliphatic rings. The van der Waals surface area contributed by atoms with E-state index >= 15 is 0 Å². The topological polar surface area (TPSA) is 158 Å². The zero-order valence-corrected chi connectivity index (χ0v) is 18.7. The largest absolute Gasteiger partial charge is 0.497 e. The summed E-state index contributed by atoms with van der Waals surface area (Å²) in [6.07, 6.45) is 1.21. The van der Waals surface area contributed by atoms with E-state index in [9.17, 15) is 30.3 Å². The number of amides is 1. The molecule has 0 heterocycles. The zero-order valence-electron chi connectivity index (χ0n) is 17.9. The van der Waals surface area contributed by atoms with Gasteiger partial charge in [-0.15, -0.1) is 0 Å². The van der Waals surface area contributed by atoms with E-state index in [0.29, 0.717) is 11.4 Å². The number of hydrogen-bond acceptors (Lipinski definition) is 8. The minimum Gasteiger partial charge on any atom is -0.497 e. The highest BCUT2D eigenvalue weighted by Crippen LogP contribution is 2.37. The molecule has 0 spiro atoms. The molecule has 3 aromatic carbocycles. The monoisotopic (exact) mass is 494 g/mol. The molecule has 0 radical (unpaired) electrons. The molecule has 0 fully saturated rings. The summed E-state index contributed by atoms with van der Waals surface area (Å²) >= 11 is 6.06. The van der Waals surface area contributed by atoms with Gasteiger partial charge in [0.2, 0.25) is 5.75 Å². The SMILES string of the molecule is COc1ccc(NC(=O)/C(C#N)=C/c2cc(Cl)ccc2Oc2ccc([N+](=O)[O-])cc2[N+](=O)[O-])cc1. The fraction of sp³-hybridized carbons (Fsp3) is 0.0435. The molecular weight excluding hydrogens is 480 g/mol. The Morgan fingerprint density at radius 3 is 2.31 bits per heavy atom. The molecule has 11 nitrogen and oxygen atoms in total. The third-order valence-corrected chi connectivity index (χ3v) is 4.79. The molecule has 0 bridgehead atoms. The van der Waals surface area contributed by atoms with Gasteiger partial charge in [0.25, 0.3) is 11.6 Å². The number of carbonyl (C=O) groups excluding carboxylic acids is 1. The number of anilines is 1. The van der Waals surface area contributed by atoms with Crippen molar-refractivity contribution in [3.63, 3.8) is 0 Å². The highest BCUT2D eigenvalue weighted by Gasteiger charge is 2.22. The first-order valence-corrected chi connectivity index (χ1v) is 10.1. The summed E-state index contributed by atoms with van der Waals surface area (Å²) in [7, 11) is 1.50. The summed E-state index contributed by atoms with van der Waals surface area (Å²) in [6.45, 7) is 0. The van der Waals surface area contributed by atoms with Crippen LogP contribution < -0.4 is 14.8 Å². The van der Waals surface area contributed by atoms with Crippen molar-refractivity contribution >= 4 is 40.6 Å². The summed E-state index contributed by atoms with van der Waals surface area (Å²) in [5, 5.41) is 34.7. The van der Waals surface area contributed by atoms with Crippen molar-refractivity contribution in [1.82, 2.24) is 0 Å². The van der Waals surface area contributed by atoms with Crippen LogP contribution in [0.4, 0.5) is 17.1 Å². The Hall–Kier alpha value is -4.95. The maximum Gasteiger partial charge on any atom is 0.318 e. The quantitative estimate of drug-likeness (QED) is 0.186. The lowest BCUT2D eigenvalue weighted by atomic mass is 10.1. The van der Waals surface area contributed by atoms with Crippen LogP contribution in [0.2, 0.25) is 5.02 Å². The zero-order chi connectivity index (χ0) is 25.5. The molecule has 1 amide bonds. The van der Waals surface area contributed by atoms with Crippen LogP contribution >= 0.6 is 11.6 Å². The Kier molecular flexibility index (Phi) is 7.60. The summed E-state index contributed by atoms with van der Waals surface area (Å²) in [5.41, 5.74) is -0.831. The fourth-order valence-corrected chi connectivity index (χ4v) is 3.05. The van der Waals surface area contributed by atoms with Crippen molar-refractivity contribution in [1.29, 1.82) is 5.26 Å². The number of nitro benzene ring substituents is 2. The molecule has 0 saturated carbocycles. The average molecular weight is 495 g/mol. The maximum atomic E-state index is 12.6. The van der Waals surface area contributed by atoms with E-state index in [0.717, 1.165) is 18.2 Å². The van der Waals surface area contributed by atoms with Gasteiger partial charge < -0.3 is 14.8 Å². The molecule has 35 heavy (non-hydrogen) atoms. The van der Waals surface area contributed by atoms with E-state index in [2.05, 4.69) is 5.32 Å². The normalized spacial score (nSPS) is 10.7. The number of nitrogens with one attached hydrogen (secondary N) is 1. The van der Waals surface area contributed by atoms with Crippen molar-refractivity contribution in [3.05, 3.63) is 97.1 Å². The predicted molar refractivity (Wildman–Crippen MR) is 126 cm³/mol. The molecule has 0 aromatic heterocycles. The second-order valence-electron chi connectivity index (χ2n) is 6.80. The fourth-order valence-electron chi connectivity index (χ4n) is 2.87. The molecule has 0 saturated heterocycles. The van der Waals surface area contributed by atoms with E-state index in [1.54, 1.807) is 30.3 Å². The summed E-state index contributed by atoms with van der Waals surface area (Å²) in [5.74, 6) is -0.389. The van der Waals surface area contributed by atoms with Crippen molar-refractivity contribution in [3.8, 4) is 23.3 Å². The van der Waals surface area contributed by atoms with Gasteiger partial charge in [0.1, 0.15) is 23.1 Å².